The van der Waals surface area contributed by atoms with Crippen LogP contribution in [0.3, 0.4) is 0 Å². The monoisotopic (exact) mass is 462 g/mol. The quantitative estimate of drug-likeness (QED) is 0.411. The van der Waals surface area contributed by atoms with Gasteiger partial charge in [-0.1, -0.05) is 0 Å². The lowest BCUT2D eigenvalue weighted by Gasteiger charge is -2.15. The van der Waals surface area contributed by atoms with Gasteiger partial charge in [0.25, 0.3) is 11.5 Å². The SMILES string of the molecule is COc1ccc2c(=O)n(-c3ccc(N[C@H]4CC[C@H](Nc5noc(C6CC6)n5)C4)nc3)ccc2c1.[HH].[HH]. The van der Waals surface area contributed by atoms with E-state index in [1.165, 1.54) is 0 Å². The average Bonchev–Trinajstić information content (AvgIpc) is 3.46. The van der Waals surface area contributed by atoms with E-state index in [4.69, 9.17) is 9.26 Å². The van der Waals surface area contributed by atoms with Gasteiger partial charge in [-0.15, -0.1) is 0 Å². The van der Waals surface area contributed by atoms with Crippen molar-refractivity contribution in [3.63, 3.8) is 0 Å². The number of rotatable bonds is 7. The molecule has 0 spiro atoms. The molecule has 178 valence electrons. The Balaban J connectivity index is 0.00000152. The molecule has 0 radical (unpaired) electrons. The van der Waals surface area contributed by atoms with Crippen LogP contribution in [-0.4, -0.2) is 38.9 Å². The summed E-state index contributed by atoms with van der Waals surface area (Å²) in [5.41, 5.74) is 0.640. The average molecular weight is 463 g/mol. The van der Waals surface area contributed by atoms with Gasteiger partial charge in [0, 0.05) is 32.4 Å². The van der Waals surface area contributed by atoms with Crippen molar-refractivity contribution in [3.05, 3.63) is 65.0 Å². The number of benzene rings is 1. The number of aromatic nitrogens is 4. The van der Waals surface area contributed by atoms with E-state index in [2.05, 4.69) is 25.8 Å². The van der Waals surface area contributed by atoms with E-state index in [9.17, 15) is 4.79 Å². The molecule has 4 aromatic rings. The van der Waals surface area contributed by atoms with Gasteiger partial charge in [0.1, 0.15) is 11.6 Å². The fourth-order valence-corrected chi connectivity index (χ4v) is 4.60. The minimum absolute atomic E-state index is 0. The van der Waals surface area contributed by atoms with Crippen LogP contribution in [0.15, 0.2) is 58.1 Å². The highest BCUT2D eigenvalue weighted by Crippen LogP contribution is 2.39. The smallest absolute Gasteiger partial charge is 0.263 e. The van der Waals surface area contributed by atoms with Crippen LogP contribution in [0.4, 0.5) is 11.8 Å². The zero-order valence-corrected chi connectivity index (χ0v) is 18.9. The molecule has 9 heteroatoms. The Labute approximate surface area is 199 Å². The molecule has 0 saturated heterocycles. The molecule has 6 rings (SSSR count). The van der Waals surface area contributed by atoms with Crippen LogP contribution in [0.5, 0.6) is 5.75 Å². The molecule has 3 aromatic heterocycles. The molecule has 34 heavy (non-hydrogen) atoms. The lowest BCUT2D eigenvalue weighted by atomic mass is 10.1. The molecule has 9 nitrogen and oxygen atoms in total. The van der Waals surface area contributed by atoms with Crippen LogP contribution < -0.4 is 20.9 Å². The van der Waals surface area contributed by atoms with Crippen LogP contribution in [-0.2, 0) is 0 Å². The fraction of sp³-hybridized carbons (Fsp3) is 0.360. The third kappa shape index (κ3) is 4.09. The van der Waals surface area contributed by atoms with Gasteiger partial charge in [-0.2, -0.15) is 4.98 Å². The Morgan fingerprint density at radius 3 is 2.71 bits per heavy atom. The Morgan fingerprint density at radius 1 is 1.09 bits per heavy atom. The van der Waals surface area contributed by atoms with E-state index in [-0.39, 0.29) is 8.41 Å². The van der Waals surface area contributed by atoms with Crippen LogP contribution in [0.1, 0.15) is 46.8 Å². The first-order valence-electron chi connectivity index (χ1n) is 11.7. The van der Waals surface area contributed by atoms with Crippen LogP contribution >= 0.6 is 0 Å². The molecule has 2 atom stereocenters. The number of anilines is 2. The number of hydrogen-bond donors (Lipinski definition) is 2. The zero-order chi connectivity index (χ0) is 23.1. The summed E-state index contributed by atoms with van der Waals surface area (Å²) < 4.78 is 12.2. The molecular weight excluding hydrogens is 432 g/mol. The van der Waals surface area contributed by atoms with Crippen molar-refractivity contribution in [2.24, 2.45) is 0 Å². The minimum atomic E-state index is -0.0846. The number of methoxy groups -OCH3 is 1. The first kappa shape index (κ1) is 20.7. The standard InChI is InChI=1S/C25H26N6O3.2H2/c1-33-20-7-8-21-16(12-20)10-11-31(24(21)32)19-6-9-22(26-14-19)27-17-4-5-18(13-17)28-25-29-23(34-30-25)15-2-3-15;;/h6-12,14-15,17-18H,2-5,13H2,1H3,(H,26,27)(H,28,30);2*1H/t17-,18-;;/m0../s1. The molecule has 0 unspecified atom stereocenters. The second kappa shape index (κ2) is 8.48. The third-order valence-electron chi connectivity index (χ3n) is 6.62. The van der Waals surface area contributed by atoms with Crippen LogP contribution in [0, 0.1) is 0 Å². The number of nitrogens with zero attached hydrogens (tertiary/aromatic N) is 4. The lowest BCUT2D eigenvalue weighted by Crippen LogP contribution is -2.22. The molecule has 2 aliphatic carbocycles. The number of pyridine rings is 2. The normalized spacial score (nSPS) is 19.9. The van der Waals surface area contributed by atoms with Crippen LogP contribution in [0.2, 0.25) is 0 Å². The molecule has 1 aromatic carbocycles. The lowest BCUT2D eigenvalue weighted by molar-refractivity contribution is 0.379. The second-order valence-electron chi connectivity index (χ2n) is 9.07. The van der Waals surface area contributed by atoms with Crippen molar-refractivity contribution in [2.75, 3.05) is 17.7 Å². The van der Waals surface area contributed by atoms with E-state index in [1.54, 1.807) is 36.2 Å². The highest BCUT2D eigenvalue weighted by atomic mass is 16.5. The summed E-state index contributed by atoms with van der Waals surface area (Å²) in [7, 11) is 1.62. The Hall–Kier alpha value is -3.88. The van der Waals surface area contributed by atoms with Gasteiger partial charge in [-0.25, -0.2) is 4.98 Å². The number of nitrogens with one attached hydrogen (secondary N) is 2. The molecular formula is C25H30N6O3. The highest BCUT2D eigenvalue weighted by molar-refractivity contribution is 5.83. The maximum Gasteiger partial charge on any atom is 0.263 e. The predicted molar refractivity (Wildman–Crippen MR) is 133 cm³/mol. The first-order valence-corrected chi connectivity index (χ1v) is 11.7. The first-order chi connectivity index (χ1) is 16.7. The Bertz CT molecular complexity index is 1390. The van der Waals surface area contributed by atoms with E-state index in [0.717, 1.165) is 60.6 Å². The molecule has 0 bridgehead atoms. The molecule has 2 N–H and O–H groups in total. The van der Waals surface area contributed by atoms with Gasteiger partial charge in [0.15, 0.2) is 0 Å². The highest BCUT2D eigenvalue weighted by Gasteiger charge is 2.31. The summed E-state index contributed by atoms with van der Waals surface area (Å²) in [5.74, 6) is 3.33. The van der Waals surface area contributed by atoms with E-state index in [0.29, 0.717) is 29.3 Å². The molecule has 2 fully saturated rings. The third-order valence-corrected chi connectivity index (χ3v) is 6.62. The summed E-state index contributed by atoms with van der Waals surface area (Å²) in [6, 6.07) is 11.8. The zero-order valence-electron chi connectivity index (χ0n) is 18.9. The van der Waals surface area contributed by atoms with Gasteiger partial charge >= 0.3 is 0 Å². The molecule has 2 saturated carbocycles. The maximum absolute atomic E-state index is 13.0. The number of ether oxygens (including phenoxy) is 1. The largest absolute Gasteiger partial charge is 0.497 e. The molecule has 2 aliphatic rings. The summed E-state index contributed by atoms with van der Waals surface area (Å²) in [6.07, 6.45) is 8.80. The van der Waals surface area contributed by atoms with Crippen molar-refractivity contribution in [3.8, 4) is 11.4 Å². The maximum atomic E-state index is 13.0. The van der Waals surface area contributed by atoms with Gasteiger partial charge < -0.3 is 19.9 Å². The van der Waals surface area contributed by atoms with Crippen molar-refractivity contribution >= 4 is 22.5 Å². The number of hydrogen-bond acceptors (Lipinski definition) is 8. The van der Waals surface area contributed by atoms with Crippen LogP contribution in [0.25, 0.3) is 16.5 Å². The molecule has 0 amide bonds. The fourth-order valence-electron chi connectivity index (χ4n) is 4.60. The topological polar surface area (TPSA) is 107 Å². The molecule has 0 aliphatic heterocycles. The van der Waals surface area contributed by atoms with Gasteiger partial charge in [0.2, 0.25) is 5.89 Å². The second-order valence-corrected chi connectivity index (χ2v) is 9.07. The van der Waals surface area contributed by atoms with E-state index < -0.39 is 0 Å². The van der Waals surface area contributed by atoms with Gasteiger partial charge in [-0.3, -0.25) is 9.36 Å². The Morgan fingerprint density at radius 2 is 1.94 bits per heavy atom. The van der Waals surface area contributed by atoms with Crippen molar-refractivity contribution < 1.29 is 12.1 Å². The van der Waals surface area contributed by atoms with E-state index in [1.807, 2.05) is 24.3 Å². The minimum Gasteiger partial charge on any atom is -0.497 e. The van der Waals surface area contributed by atoms with Crippen molar-refractivity contribution in [1.29, 1.82) is 0 Å². The van der Waals surface area contributed by atoms with E-state index >= 15 is 0 Å². The predicted octanol–water partition coefficient (Wildman–Crippen LogP) is 4.59. The summed E-state index contributed by atoms with van der Waals surface area (Å²) in [5, 5.41) is 12.5. The van der Waals surface area contributed by atoms with Gasteiger partial charge in [-0.05, 0) is 79.0 Å². The Kier molecular flexibility index (Phi) is 5.16. The summed E-state index contributed by atoms with van der Waals surface area (Å²) in [4.78, 5) is 22.0. The summed E-state index contributed by atoms with van der Waals surface area (Å²) >= 11 is 0. The molecule has 3 heterocycles. The van der Waals surface area contributed by atoms with Crippen molar-refractivity contribution in [1.82, 2.24) is 19.7 Å². The number of fused-ring (bicyclic) bond motifs is 1. The van der Waals surface area contributed by atoms with Gasteiger partial charge in [0.05, 0.1) is 19.0 Å². The summed E-state index contributed by atoms with van der Waals surface area (Å²) in [6.45, 7) is 0. The van der Waals surface area contributed by atoms with Crippen molar-refractivity contribution in [2.45, 2.75) is 50.1 Å².